The van der Waals surface area contributed by atoms with Crippen LogP contribution in [-0.2, 0) is 0 Å². The van der Waals surface area contributed by atoms with Gasteiger partial charge in [-0.1, -0.05) is 23.7 Å². The first-order valence-corrected chi connectivity index (χ1v) is 6.82. The van der Waals surface area contributed by atoms with Crippen LogP contribution in [0.25, 0.3) is 0 Å². The van der Waals surface area contributed by atoms with Gasteiger partial charge in [-0.05, 0) is 30.7 Å². The molecule has 0 spiro atoms. The van der Waals surface area contributed by atoms with Gasteiger partial charge < -0.3 is 15.4 Å². The highest BCUT2D eigenvalue weighted by Gasteiger charge is 2.13. The number of anilines is 2. The Kier molecular flexibility index (Phi) is 4.40. The van der Waals surface area contributed by atoms with Crippen LogP contribution in [-0.4, -0.2) is 14.2 Å². The van der Waals surface area contributed by atoms with Crippen molar-refractivity contribution in [3.05, 3.63) is 53.1 Å². The lowest BCUT2D eigenvalue weighted by atomic mass is 10.1. The fourth-order valence-corrected chi connectivity index (χ4v) is 2.24. The summed E-state index contributed by atoms with van der Waals surface area (Å²) in [5.74, 6) is 0.759. The minimum Gasteiger partial charge on any atom is -0.497 e. The molecule has 0 heterocycles. The van der Waals surface area contributed by atoms with Crippen molar-refractivity contribution in [2.75, 3.05) is 24.8 Å². The number of methoxy groups -OCH3 is 1. The summed E-state index contributed by atoms with van der Waals surface area (Å²) in [5, 5.41) is 0.745. The molecule has 0 amide bonds. The normalized spacial score (nSPS) is 12.0. The molecule has 0 saturated heterocycles. The average Bonchev–Trinajstić information content (AvgIpc) is 2.45. The third-order valence-corrected chi connectivity index (χ3v) is 3.74. The molecule has 0 aromatic heterocycles. The van der Waals surface area contributed by atoms with Crippen molar-refractivity contribution in [1.82, 2.24) is 0 Å². The minimum absolute atomic E-state index is 0.207. The van der Waals surface area contributed by atoms with E-state index in [-0.39, 0.29) is 6.04 Å². The fraction of sp³-hybridized carbons (Fsp3) is 0.250. The lowest BCUT2D eigenvalue weighted by Gasteiger charge is -2.28. The van der Waals surface area contributed by atoms with Crippen molar-refractivity contribution in [2.24, 2.45) is 0 Å². The van der Waals surface area contributed by atoms with Crippen LogP contribution in [0.4, 0.5) is 11.4 Å². The lowest BCUT2D eigenvalue weighted by molar-refractivity contribution is 0.415. The van der Waals surface area contributed by atoms with Crippen LogP contribution in [0.2, 0.25) is 5.02 Å². The zero-order valence-corrected chi connectivity index (χ0v) is 12.7. The number of ether oxygens (including phenoxy) is 1. The largest absolute Gasteiger partial charge is 0.497 e. The molecule has 1 unspecified atom stereocenters. The van der Waals surface area contributed by atoms with E-state index >= 15 is 0 Å². The smallest absolute Gasteiger partial charge is 0.122 e. The van der Waals surface area contributed by atoms with Crippen molar-refractivity contribution >= 4 is 23.0 Å². The minimum atomic E-state index is 0.207. The summed E-state index contributed by atoms with van der Waals surface area (Å²) in [4.78, 5) is 2.15. The molecular weight excluding hydrogens is 272 g/mol. The number of halogens is 1. The van der Waals surface area contributed by atoms with E-state index in [0.29, 0.717) is 5.69 Å². The van der Waals surface area contributed by atoms with Gasteiger partial charge in [-0.25, -0.2) is 0 Å². The molecule has 3 nitrogen and oxygen atoms in total. The Labute approximate surface area is 124 Å². The van der Waals surface area contributed by atoms with Gasteiger partial charge in [0, 0.05) is 35.6 Å². The number of benzene rings is 2. The van der Waals surface area contributed by atoms with Crippen molar-refractivity contribution in [2.45, 2.75) is 13.0 Å². The van der Waals surface area contributed by atoms with Gasteiger partial charge in [0.1, 0.15) is 5.75 Å². The molecule has 0 fully saturated rings. The summed E-state index contributed by atoms with van der Waals surface area (Å²) >= 11 is 5.93. The monoisotopic (exact) mass is 290 g/mol. The molecule has 2 rings (SSSR count). The summed E-state index contributed by atoms with van der Waals surface area (Å²) in [6.07, 6.45) is 0. The van der Waals surface area contributed by atoms with Crippen molar-refractivity contribution < 1.29 is 4.74 Å². The number of nitrogens with two attached hydrogens (primary N) is 1. The summed E-state index contributed by atoms with van der Waals surface area (Å²) in [6.45, 7) is 2.14. The highest BCUT2D eigenvalue weighted by molar-refractivity contribution is 6.30. The maximum atomic E-state index is 5.93. The predicted molar refractivity (Wildman–Crippen MR) is 85.7 cm³/mol. The van der Waals surface area contributed by atoms with Gasteiger partial charge in [0.2, 0.25) is 0 Å². The molecule has 2 aromatic carbocycles. The number of hydrogen-bond donors (Lipinski definition) is 1. The maximum Gasteiger partial charge on any atom is 0.122 e. The zero-order valence-electron chi connectivity index (χ0n) is 11.9. The Morgan fingerprint density at radius 3 is 2.40 bits per heavy atom. The van der Waals surface area contributed by atoms with E-state index in [4.69, 9.17) is 22.1 Å². The van der Waals surface area contributed by atoms with E-state index in [1.54, 1.807) is 7.11 Å². The third-order valence-electron chi connectivity index (χ3n) is 3.49. The van der Waals surface area contributed by atoms with E-state index < -0.39 is 0 Å². The highest BCUT2D eigenvalue weighted by Crippen LogP contribution is 2.30. The number of rotatable bonds is 4. The standard InChI is InChI=1S/C16H19ClN2O/c1-11(12-4-6-13(17)7-5-12)19(2)15-8-14(18)9-16(10-15)20-3/h4-11H,18H2,1-3H3. The van der Waals surface area contributed by atoms with Gasteiger partial charge >= 0.3 is 0 Å². The molecule has 20 heavy (non-hydrogen) atoms. The topological polar surface area (TPSA) is 38.5 Å². The predicted octanol–water partition coefficient (Wildman–Crippen LogP) is 4.13. The van der Waals surface area contributed by atoms with Crippen molar-refractivity contribution in [3.8, 4) is 5.75 Å². The fourth-order valence-electron chi connectivity index (χ4n) is 2.12. The molecule has 0 aliphatic heterocycles. The molecule has 1 atom stereocenters. The molecule has 2 N–H and O–H groups in total. The molecule has 0 saturated carbocycles. The van der Waals surface area contributed by atoms with Crippen LogP contribution in [0.1, 0.15) is 18.5 Å². The molecule has 106 valence electrons. The van der Waals surface area contributed by atoms with E-state index in [2.05, 4.69) is 11.8 Å². The van der Waals surface area contributed by atoms with Crippen molar-refractivity contribution in [1.29, 1.82) is 0 Å². The first kappa shape index (κ1) is 14.5. The van der Waals surface area contributed by atoms with Gasteiger partial charge in [-0.15, -0.1) is 0 Å². The SMILES string of the molecule is COc1cc(N)cc(N(C)C(C)c2ccc(Cl)cc2)c1. The number of nitrogen functional groups attached to an aromatic ring is 1. The molecule has 0 radical (unpaired) electrons. The average molecular weight is 291 g/mol. The second kappa shape index (κ2) is 6.06. The van der Waals surface area contributed by atoms with E-state index in [1.165, 1.54) is 5.56 Å². The Hall–Kier alpha value is -1.87. The van der Waals surface area contributed by atoms with Crippen LogP contribution in [0, 0.1) is 0 Å². The van der Waals surface area contributed by atoms with Crippen LogP contribution in [0.5, 0.6) is 5.75 Å². The number of hydrogen-bond acceptors (Lipinski definition) is 3. The Morgan fingerprint density at radius 2 is 1.80 bits per heavy atom. The van der Waals surface area contributed by atoms with Gasteiger partial charge in [-0.3, -0.25) is 0 Å². The van der Waals surface area contributed by atoms with Gasteiger partial charge in [0.15, 0.2) is 0 Å². The first-order chi connectivity index (χ1) is 9.51. The third kappa shape index (κ3) is 3.17. The highest BCUT2D eigenvalue weighted by atomic mass is 35.5. The summed E-state index contributed by atoms with van der Waals surface area (Å²) in [7, 11) is 3.68. The maximum absolute atomic E-state index is 5.93. The summed E-state index contributed by atoms with van der Waals surface area (Å²) in [5.41, 5.74) is 8.81. The van der Waals surface area contributed by atoms with Crippen molar-refractivity contribution in [3.63, 3.8) is 0 Å². The van der Waals surface area contributed by atoms with E-state index in [0.717, 1.165) is 16.5 Å². The van der Waals surface area contributed by atoms with Crippen LogP contribution < -0.4 is 15.4 Å². The first-order valence-electron chi connectivity index (χ1n) is 6.44. The summed E-state index contributed by atoms with van der Waals surface area (Å²) < 4.78 is 5.26. The molecule has 0 bridgehead atoms. The van der Waals surface area contributed by atoms with Gasteiger partial charge in [0.05, 0.1) is 13.2 Å². The summed E-state index contributed by atoms with van der Waals surface area (Å²) in [6, 6.07) is 13.8. The van der Waals surface area contributed by atoms with Gasteiger partial charge in [0.25, 0.3) is 0 Å². The lowest BCUT2D eigenvalue weighted by Crippen LogP contribution is -2.21. The van der Waals surface area contributed by atoms with Crippen LogP contribution >= 0.6 is 11.6 Å². The second-order valence-corrected chi connectivity index (χ2v) is 5.24. The Morgan fingerprint density at radius 1 is 1.15 bits per heavy atom. The molecule has 4 heteroatoms. The number of nitrogens with zero attached hydrogens (tertiary/aromatic N) is 1. The van der Waals surface area contributed by atoms with Gasteiger partial charge in [-0.2, -0.15) is 0 Å². The Balaban J connectivity index is 2.28. The Bertz CT molecular complexity index is 584. The van der Waals surface area contributed by atoms with Crippen LogP contribution in [0.3, 0.4) is 0 Å². The van der Waals surface area contributed by atoms with E-state index in [1.807, 2.05) is 49.5 Å². The molecule has 0 aliphatic rings. The molecular formula is C16H19ClN2O. The van der Waals surface area contributed by atoms with E-state index in [9.17, 15) is 0 Å². The quantitative estimate of drug-likeness (QED) is 0.861. The zero-order chi connectivity index (χ0) is 14.7. The molecule has 0 aliphatic carbocycles. The van der Waals surface area contributed by atoms with Crippen LogP contribution in [0.15, 0.2) is 42.5 Å². The molecule has 2 aromatic rings. The second-order valence-electron chi connectivity index (χ2n) is 4.80.